The van der Waals surface area contributed by atoms with Gasteiger partial charge in [0.05, 0.1) is 26.2 Å². The Balaban J connectivity index is 2.66. The average Bonchev–Trinajstić information content (AvgIpc) is 2.57. The first-order valence-corrected chi connectivity index (χ1v) is 7.69. The maximum atomic E-state index is 12.2. The molecular formula is C17H25N3O4. The summed E-state index contributed by atoms with van der Waals surface area (Å²) in [5.74, 6) is 0.811. The normalized spacial score (nSPS) is 11.2. The van der Waals surface area contributed by atoms with Crippen LogP contribution >= 0.6 is 0 Å². The molecule has 0 aromatic heterocycles. The summed E-state index contributed by atoms with van der Waals surface area (Å²) in [6, 6.07) is 4.87. The third-order valence-corrected chi connectivity index (χ3v) is 3.13. The van der Waals surface area contributed by atoms with E-state index in [1.807, 2.05) is 13.8 Å². The van der Waals surface area contributed by atoms with Gasteiger partial charge in [-0.3, -0.25) is 9.59 Å². The van der Waals surface area contributed by atoms with Crippen LogP contribution in [-0.4, -0.2) is 38.3 Å². The number of amides is 2. The molecule has 7 nitrogen and oxygen atoms in total. The van der Waals surface area contributed by atoms with E-state index in [0.29, 0.717) is 35.2 Å². The van der Waals surface area contributed by atoms with Crippen LogP contribution in [-0.2, 0) is 4.79 Å². The zero-order chi connectivity index (χ0) is 18.1. The molecule has 0 bridgehead atoms. The number of hydrogen-bond acceptors (Lipinski definition) is 5. The molecule has 0 spiro atoms. The van der Waals surface area contributed by atoms with Crippen molar-refractivity contribution in [2.24, 2.45) is 11.0 Å². The minimum atomic E-state index is -0.420. The number of methoxy groups -OCH3 is 2. The molecule has 0 aliphatic heterocycles. The van der Waals surface area contributed by atoms with E-state index in [1.54, 1.807) is 25.1 Å². The number of rotatable bonds is 8. The lowest BCUT2D eigenvalue weighted by molar-refractivity contribution is -0.120. The van der Waals surface area contributed by atoms with Gasteiger partial charge in [-0.15, -0.1) is 0 Å². The SMILES string of the molecule is COc1ccc(C(=O)NN=C(C)CC(=O)NCC(C)C)c(OC)c1. The van der Waals surface area contributed by atoms with E-state index in [-0.39, 0.29) is 12.3 Å². The minimum Gasteiger partial charge on any atom is -0.497 e. The van der Waals surface area contributed by atoms with Crippen LogP contribution in [0.5, 0.6) is 11.5 Å². The van der Waals surface area contributed by atoms with Gasteiger partial charge in [0, 0.05) is 18.3 Å². The highest BCUT2D eigenvalue weighted by Gasteiger charge is 2.13. The summed E-state index contributed by atoms with van der Waals surface area (Å²) < 4.78 is 10.3. The Bertz CT molecular complexity index is 612. The Morgan fingerprint density at radius 2 is 1.92 bits per heavy atom. The lowest BCUT2D eigenvalue weighted by atomic mass is 10.2. The Morgan fingerprint density at radius 1 is 1.21 bits per heavy atom. The molecule has 0 atom stereocenters. The maximum absolute atomic E-state index is 12.2. The summed E-state index contributed by atoms with van der Waals surface area (Å²) in [7, 11) is 3.01. The standard InChI is InChI=1S/C17H25N3O4/c1-11(2)10-18-16(21)8-12(3)19-20-17(22)14-7-6-13(23-4)9-15(14)24-5/h6-7,9,11H,8,10H2,1-5H3,(H,18,21)(H,20,22). The van der Waals surface area contributed by atoms with Gasteiger partial charge in [-0.05, 0) is 25.0 Å². The fourth-order valence-electron chi connectivity index (χ4n) is 1.84. The summed E-state index contributed by atoms with van der Waals surface area (Å²) in [5, 5.41) is 6.75. The number of carbonyl (C=O) groups excluding carboxylic acids is 2. The molecule has 0 saturated heterocycles. The number of nitrogens with one attached hydrogen (secondary N) is 2. The van der Waals surface area contributed by atoms with Gasteiger partial charge in [-0.2, -0.15) is 5.10 Å². The highest BCUT2D eigenvalue weighted by Crippen LogP contribution is 2.24. The van der Waals surface area contributed by atoms with Gasteiger partial charge in [-0.25, -0.2) is 5.43 Å². The molecular weight excluding hydrogens is 310 g/mol. The van der Waals surface area contributed by atoms with Crippen LogP contribution in [0, 0.1) is 5.92 Å². The van der Waals surface area contributed by atoms with Gasteiger partial charge >= 0.3 is 0 Å². The molecule has 0 aliphatic carbocycles. The molecule has 0 heterocycles. The molecule has 2 amide bonds. The molecule has 0 radical (unpaired) electrons. The molecule has 0 fully saturated rings. The minimum absolute atomic E-state index is 0.124. The number of hydrazone groups is 1. The lowest BCUT2D eigenvalue weighted by Gasteiger charge is -2.10. The van der Waals surface area contributed by atoms with Crippen molar-refractivity contribution in [1.29, 1.82) is 0 Å². The molecule has 2 N–H and O–H groups in total. The number of ether oxygens (including phenoxy) is 2. The van der Waals surface area contributed by atoms with Crippen LogP contribution in [0.2, 0.25) is 0 Å². The van der Waals surface area contributed by atoms with E-state index < -0.39 is 5.91 Å². The smallest absolute Gasteiger partial charge is 0.275 e. The van der Waals surface area contributed by atoms with E-state index in [9.17, 15) is 9.59 Å². The maximum Gasteiger partial charge on any atom is 0.275 e. The predicted molar refractivity (Wildman–Crippen MR) is 92.6 cm³/mol. The first-order chi connectivity index (χ1) is 11.4. The van der Waals surface area contributed by atoms with Gasteiger partial charge in [0.1, 0.15) is 11.5 Å². The Morgan fingerprint density at radius 3 is 2.50 bits per heavy atom. The summed E-state index contributed by atoms with van der Waals surface area (Å²) >= 11 is 0. The van der Waals surface area contributed by atoms with E-state index in [1.165, 1.54) is 14.2 Å². The van der Waals surface area contributed by atoms with E-state index in [4.69, 9.17) is 9.47 Å². The summed E-state index contributed by atoms with van der Waals surface area (Å²) in [6.07, 6.45) is 0.132. The monoisotopic (exact) mass is 335 g/mol. The Hall–Kier alpha value is -2.57. The first kappa shape index (κ1) is 19.5. The van der Waals surface area contributed by atoms with Crippen LogP contribution < -0.4 is 20.2 Å². The molecule has 0 unspecified atom stereocenters. The number of nitrogens with zero attached hydrogens (tertiary/aromatic N) is 1. The highest BCUT2D eigenvalue weighted by molar-refractivity contribution is 6.01. The second kappa shape index (κ2) is 9.54. The molecule has 24 heavy (non-hydrogen) atoms. The van der Waals surface area contributed by atoms with Crippen LogP contribution in [0.1, 0.15) is 37.6 Å². The van der Waals surface area contributed by atoms with Crippen molar-refractivity contribution in [2.75, 3.05) is 20.8 Å². The summed E-state index contributed by atoms with van der Waals surface area (Å²) in [6.45, 7) is 6.33. The molecule has 0 saturated carbocycles. The van der Waals surface area contributed by atoms with Crippen molar-refractivity contribution in [2.45, 2.75) is 27.2 Å². The van der Waals surface area contributed by atoms with Crippen molar-refractivity contribution in [1.82, 2.24) is 10.7 Å². The quantitative estimate of drug-likeness (QED) is 0.561. The summed E-state index contributed by atoms with van der Waals surface area (Å²) in [4.78, 5) is 23.9. The molecule has 1 aromatic rings. The van der Waals surface area contributed by atoms with Crippen molar-refractivity contribution >= 4 is 17.5 Å². The largest absolute Gasteiger partial charge is 0.497 e. The van der Waals surface area contributed by atoms with Gasteiger partial charge in [0.2, 0.25) is 5.91 Å². The molecule has 1 aromatic carbocycles. The van der Waals surface area contributed by atoms with Crippen molar-refractivity contribution < 1.29 is 19.1 Å². The first-order valence-electron chi connectivity index (χ1n) is 7.69. The number of hydrogen-bond donors (Lipinski definition) is 2. The summed E-state index contributed by atoms with van der Waals surface area (Å²) in [5.41, 5.74) is 3.27. The van der Waals surface area contributed by atoms with Crippen LogP contribution in [0.15, 0.2) is 23.3 Å². The molecule has 132 valence electrons. The Kier molecular flexibility index (Phi) is 7.74. The molecule has 7 heteroatoms. The molecule has 0 aliphatic rings. The number of benzene rings is 1. The van der Waals surface area contributed by atoms with Gasteiger partial charge in [0.15, 0.2) is 0 Å². The molecule has 1 rings (SSSR count). The third-order valence-electron chi connectivity index (χ3n) is 3.13. The fraction of sp³-hybridized carbons (Fsp3) is 0.471. The van der Waals surface area contributed by atoms with E-state index in [0.717, 1.165) is 0 Å². The van der Waals surface area contributed by atoms with E-state index in [2.05, 4.69) is 15.8 Å². The second-order valence-corrected chi connectivity index (χ2v) is 5.73. The average molecular weight is 335 g/mol. The zero-order valence-electron chi connectivity index (χ0n) is 14.8. The fourth-order valence-corrected chi connectivity index (χ4v) is 1.84. The third kappa shape index (κ3) is 6.28. The lowest BCUT2D eigenvalue weighted by Crippen LogP contribution is -2.29. The van der Waals surface area contributed by atoms with Crippen molar-refractivity contribution in [3.63, 3.8) is 0 Å². The zero-order valence-corrected chi connectivity index (χ0v) is 14.8. The predicted octanol–water partition coefficient (Wildman–Crippen LogP) is 1.97. The van der Waals surface area contributed by atoms with Crippen molar-refractivity contribution in [3.05, 3.63) is 23.8 Å². The van der Waals surface area contributed by atoms with Crippen LogP contribution in [0.3, 0.4) is 0 Å². The van der Waals surface area contributed by atoms with Gasteiger partial charge < -0.3 is 14.8 Å². The highest BCUT2D eigenvalue weighted by atomic mass is 16.5. The van der Waals surface area contributed by atoms with Crippen LogP contribution in [0.25, 0.3) is 0 Å². The Labute approximate surface area is 142 Å². The van der Waals surface area contributed by atoms with Gasteiger partial charge in [0.25, 0.3) is 5.91 Å². The van der Waals surface area contributed by atoms with Gasteiger partial charge in [-0.1, -0.05) is 13.8 Å². The van der Waals surface area contributed by atoms with Crippen LogP contribution in [0.4, 0.5) is 0 Å². The number of carbonyl (C=O) groups is 2. The topological polar surface area (TPSA) is 89.0 Å². The van der Waals surface area contributed by atoms with Crippen molar-refractivity contribution in [3.8, 4) is 11.5 Å². The second-order valence-electron chi connectivity index (χ2n) is 5.73. The van der Waals surface area contributed by atoms with E-state index >= 15 is 0 Å².